The van der Waals surface area contributed by atoms with Gasteiger partial charge in [-0.3, -0.25) is 0 Å². The largest absolute Gasteiger partial charge is 0.573 e. The first kappa shape index (κ1) is 14.6. The Morgan fingerprint density at radius 2 is 2.05 bits per heavy atom. The van der Waals surface area contributed by atoms with Crippen molar-refractivity contribution in [2.45, 2.75) is 37.9 Å². The number of alkyl halides is 3. The van der Waals surface area contributed by atoms with Crippen LogP contribution in [0.4, 0.5) is 13.2 Å². The van der Waals surface area contributed by atoms with E-state index in [9.17, 15) is 13.2 Å². The molecule has 1 aromatic rings. The molecule has 19 heavy (non-hydrogen) atoms. The summed E-state index contributed by atoms with van der Waals surface area (Å²) in [4.78, 5) is 0. The Balaban J connectivity index is 1.91. The minimum atomic E-state index is -4.69. The number of hydrogen-bond acceptors (Lipinski definition) is 3. The van der Waals surface area contributed by atoms with Crippen LogP contribution in [0.25, 0.3) is 0 Å². The highest BCUT2D eigenvalue weighted by molar-refractivity contribution is 9.10. The predicted octanol–water partition coefficient (Wildman–Crippen LogP) is 2.96. The van der Waals surface area contributed by atoms with Crippen LogP contribution in [0.2, 0.25) is 0 Å². The fraction of sp³-hybridized carbons (Fsp3) is 0.500. The van der Waals surface area contributed by atoms with Crippen molar-refractivity contribution in [2.24, 2.45) is 0 Å². The molecular formula is C12H13BrF3NO2. The van der Waals surface area contributed by atoms with E-state index in [4.69, 9.17) is 5.11 Å². The molecule has 0 atom stereocenters. The van der Waals surface area contributed by atoms with Crippen LogP contribution in [0.3, 0.4) is 0 Å². The first-order valence-electron chi connectivity index (χ1n) is 5.79. The van der Waals surface area contributed by atoms with Crippen molar-refractivity contribution in [3.05, 3.63) is 28.2 Å². The lowest BCUT2D eigenvalue weighted by Gasteiger charge is -2.32. The van der Waals surface area contributed by atoms with Crippen LogP contribution in [0.1, 0.15) is 18.4 Å². The molecule has 1 saturated carbocycles. The van der Waals surface area contributed by atoms with Gasteiger partial charge in [0.25, 0.3) is 0 Å². The number of nitrogens with one attached hydrogen (secondary N) is 1. The number of benzene rings is 1. The molecule has 1 fully saturated rings. The van der Waals surface area contributed by atoms with E-state index in [-0.39, 0.29) is 22.4 Å². The quantitative estimate of drug-likeness (QED) is 0.886. The van der Waals surface area contributed by atoms with E-state index in [0.717, 1.165) is 18.4 Å². The normalized spacial score (nSPS) is 23.0. The number of hydrogen-bond donors (Lipinski definition) is 2. The fourth-order valence-corrected chi connectivity index (χ4v) is 2.39. The lowest BCUT2D eigenvalue weighted by atomic mass is 9.89. The predicted molar refractivity (Wildman–Crippen MR) is 66.7 cm³/mol. The molecule has 0 amide bonds. The van der Waals surface area contributed by atoms with Gasteiger partial charge in [0.15, 0.2) is 0 Å². The lowest BCUT2D eigenvalue weighted by molar-refractivity contribution is -0.274. The molecule has 0 saturated heterocycles. The van der Waals surface area contributed by atoms with E-state index in [1.54, 1.807) is 12.1 Å². The topological polar surface area (TPSA) is 41.5 Å². The SMILES string of the molecule is OC1CC(NCc2ccc(OC(F)(F)F)c(Br)c2)C1. The van der Waals surface area contributed by atoms with Gasteiger partial charge in [0.2, 0.25) is 0 Å². The summed E-state index contributed by atoms with van der Waals surface area (Å²) in [6, 6.07) is 4.72. The molecule has 0 unspecified atom stereocenters. The molecule has 106 valence electrons. The molecule has 0 aliphatic heterocycles. The minimum absolute atomic E-state index is 0.230. The van der Waals surface area contributed by atoms with E-state index >= 15 is 0 Å². The van der Waals surface area contributed by atoms with Crippen molar-refractivity contribution >= 4 is 15.9 Å². The molecule has 1 aromatic carbocycles. The Labute approximate surface area is 116 Å². The lowest BCUT2D eigenvalue weighted by Crippen LogP contribution is -2.43. The maximum absolute atomic E-state index is 12.1. The van der Waals surface area contributed by atoms with Crippen LogP contribution in [0, 0.1) is 0 Å². The summed E-state index contributed by atoms with van der Waals surface area (Å²) in [5.74, 6) is -0.254. The molecule has 2 rings (SSSR count). The van der Waals surface area contributed by atoms with E-state index in [1.165, 1.54) is 6.07 Å². The smallest absolute Gasteiger partial charge is 0.405 e. The van der Waals surface area contributed by atoms with Gasteiger partial charge in [0, 0.05) is 12.6 Å². The van der Waals surface area contributed by atoms with Gasteiger partial charge in [-0.1, -0.05) is 6.07 Å². The zero-order valence-electron chi connectivity index (χ0n) is 9.88. The van der Waals surface area contributed by atoms with Crippen molar-refractivity contribution < 1.29 is 23.0 Å². The monoisotopic (exact) mass is 339 g/mol. The van der Waals surface area contributed by atoms with Crippen LogP contribution in [-0.4, -0.2) is 23.6 Å². The Bertz CT molecular complexity index is 447. The van der Waals surface area contributed by atoms with E-state index < -0.39 is 6.36 Å². The van der Waals surface area contributed by atoms with Gasteiger partial charge in [0.05, 0.1) is 10.6 Å². The highest BCUT2D eigenvalue weighted by Gasteiger charge is 2.32. The molecule has 1 aliphatic rings. The van der Waals surface area contributed by atoms with Gasteiger partial charge >= 0.3 is 6.36 Å². The number of ether oxygens (including phenoxy) is 1. The summed E-state index contributed by atoms with van der Waals surface area (Å²) >= 11 is 3.05. The third-order valence-corrected chi connectivity index (χ3v) is 3.55. The van der Waals surface area contributed by atoms with Gasteiger partial charge in [-0.15, -0.1) is 13.2 Å². The maximum atomic E-state index is 12.1. The van der Waals surface area contributed by atoms with Gasteiger partial charge in [0.1, 0.15) is 5.75 Å². The zero-order chi connectivity index (χ0) is 14.0. The highest BCUT2D eigenvalue weighted by atomic mass is 79.9. The van der Waals surface area contributed by atoms with Crippen LogP contribution in [-0.2, 0) is 6.54 Å². The second-order valence-corrected chi connectivity index (χ2v) is 5.37. The molecular weight excluding hydrogens is 327 g/mol. The van der Waals surface area contributed by atoms with Crippen molar-refractivity contribution in [3.63, 3.8) is 0 Å². The summed E-state index contributed by atoms with van der Waals surface area (Å²) in [5.41, 5.74) is 0.850. The van der Waals surface area contributed by atoms with Crippen LogP contribution in [0.15, 0.2) is 22.7 Å². The third kappa shape index (κ3) is 4.36. The van der Waals surface area contributed by atoms with Crippen LogP contribution < -0.4 is 10.1 Å². The number of rotatable bonds is 4. The summed E-state index contributed by atoms with van der Waals surface area (Å²) in [5, 5.41) is 12.4. The van der Waals surface area contributed by atoms with Crippen molar-refractivity contribution in [3.8, 4) is 5.75 Å². The van der Waals surface area contributed by atoms with Gasteiger partial charge in [-0.2, -0.15) is 0 Å². The second kappa shape index (κ2) is 5.68. The average Bonchev–Trinajstić information content (AvgIpc) is 2.25. The Hall–Kier alpha value is -0.790. The molecule has 7 heteroatoms. The molecule has 1 aliphatic carbocycles. The van der Waals surface area contributed by atoms with E-state index in [1.807, 2.05) is 0 Å². The van der Waals surface area contributed by atoms with Gasteiger partial charge in [-0.05, 0) is 46.5 Å². The standard InChI is InChI=1S/C12H13BrF3NO2/c13-10-3-7(6-17-8-4-9(18)5-8)1-2-11(10)19-12(14,15)16/h1-3,8-9,17-18H,4-6H2. The van der Waals surface area contributed by atoms with Gasteiger partial charge in [-0.25, -0.2) is 0 Å². The fourth-order valence-electron chi connectivity index (χ4n) is 1.88. The Morgan fingerprint density at radius 3 is 2.58 bits per heavy atom. The molecule has 0 aromatic heterocycles. The van der Waals surface area contributed by atoms with Crippen LogP contribution >= 0.6 is 15.9 Å². The van der Waals surface area contributed by atoms with Crippen molar-refractivity contribution in [1.82, 2.24) is 5.32 Å². The third-order valence-electron chi connectivity index (χ3n) is 2.93. The van der Waals surface area contributed by atoms with Crippen molar-refractivity contribution in [2.75, 3.05) is 0 Å². The van der Waals surface area contributed by atoms with Crippen molar-refractivity contribution in [1.29, 1.82) is 0 Å². The molecule has 0 heterocycles. The second-order valence-electron chi connectivity index (χ2n) is 4.52. The minimum Gasteiger partial charge on any atom is -0.405 e. The first-order valence-corrected chi connectivity index (χ1v) is 6.58. The van der Waals surface area contributed by atoms with E-state index in [2.05, 4.69) is 26.0 Å². The summed E-state index contributed by atoms with van der Waals surface area (Å²) in [6.07, 6.45) is -3.48. The van der Waals surface area contributed by atoms with Gasteiger partial charge < -0.3 is 15.2 Å². The number of halogens is 4. The molecule has 0 radical (unpaired) electrons. The molecule has 2 N–H and O–H groups in total. The zero-order valence-corrected chi connectivity index (χ0v) is 11.5. The maximum Gasteiger partial charge on any atom is 0.573 e. The Kier molecular flexibility index (Phi) is 4.37. The molecule has 0 spiro atoms. The highest BCUT2D eigenvalue weighted by Crippen LogP contribution is 2.31. The number of aliphatic hydroxyl groups is 1. The molecule has 3 nitrogen and oxygen atoms in total. The summed E-state index contributed by atoms with van der Waals surface area (Å²) < 4.78 is 40.4. The number of aliphatic hydroxyl groups excluding tert-OH is 1. The Morgan fingerprint density at radius 1 is 1.37 bits per heavy atom. The first-order chi connectivity index (χ1) is 8.83. The summed E-state index contributed by atoms with van der Waals surface area (Å²) in [6.45, 7) is 0.544. The summed E-state index contributed by atoms with van der Waals surface area (Å²) in [7, 11) is 0. The average molecular weight is 340 g/mol. The molecule has 0 bridgehead atoms. The van der Waals surface area contributed by atoms with Crippen LogP contribution in [0.5, 0.6) is 5.75 Å². The van der Waals surface area contributed by atoms with E-state index in [0.29, 0.717) is 6.54 Å².